The zero-order valence-electron chi connectivity index (χ0n) is 13.9. The minimum Gasteiger partial charge on any atom is -0.353 e. The second-order valence-corrected chi connectivity index (χ2v) is 7.19. The highest BCUT2D eigenvalue weighted by Crippen LogP contribution is 2.43. The molecule has 0 spiro atoms. The molecule has 1 fully saturated rings. The second kappa shape index (κ2) is 6.84. The smallest absolute Gasteiger partial charge is 0.191 e. The lowest BCUT2D eigenvalue weighted by atomic mass is 10.1. The van der Waals surface area contributed by atoms with E-state index in [4.69, 9.17) is 0 Å². The van der Waals surface area contributed by atoms with E-state index >= 15 is 0 Å². The fourth-order valence-electron chi connectivity index (χ4n) is 2.68. The van der Waals surface area contributed by atoms with Crippen molar-refractivity contribution in [1.29, 1.82) is 0 Å². The number of nitrogens with zero attached hydrogens (tertiary/aromatic N) is 2. The molecule has 2 atom stereocenters. The van der Waals surface area contributed by atoms with Crippen LogP contribution in [0.15, 0.2) is 23.2 Å². The number of aliphatic imine (C=N–C) groups is 1. The summed E-state index contributed by atoms with van der Waals surface area (Å²) in [5.41, 5.74) is 1.20. The van der Waals surface area contributed by atoms with Crippen LogP contribution in [0.25, 0.3) is 0 Å². The van der Waals surface area contributed by atoms with Gasteiger partial charge in [0.1, 0.15) is 16.6 Å². The first kappa shape index (κ1) is 16.8. The number of rotatable bonds is 4. The second-order valence-electron chi connectivity index (χ2n) is 5.90. The Morgan fingerprint density at radius 3 is 2.62 bits per heavy atom. The van der Waals surface area contributed by atoms with Crippen LogP contribution in [0.3, 0.4) is 0 Å². The predicted octanol–water partition coefficient (Wildman–Crippen LogP) is 3.26. The van der Waals surface area contributed by atoms with E-state index in [9.17, 15) is 8.78 Å². The summed E-state index contributed by atoms with van der Waals surface area (Å²) < 4.78 is 27.6. The van der Waals surface area contributed by atoms with Gasteiger partial charge in [-0.15, -0.1) is 11.3 Å². The van der Waals surface area contributed by atoms with E-state index in [1.165, 1.54) is 23.1 Å². The van der Waals surface area contributed by atoms with Crippen molar-refractivity contribution >= 4 is 17.3 Å². The van der Waals surface area contributed by atoms with Gasteiger partial charge in [0.15, 0.2) is 5.96 Å². The maximum atomic E-state index is 13.8. The Morgan fingerprint density at radius 2 is 2.04 bits per heavy atom. The van der Waals surface area contributed by atoms with Gasteiger partial charge in [-0.25, -0.2) is 13.8 Å². The van der Waals surface area contributed by atoms with Gasteiger partial charge >= 0.3 is 0 Å². The van der Waals surface area contributed by atoms with Crippen LogP contribution in [-0.4, -0.2) is 24.0 Å². The molecule has 0 radical (unpaired) electrons. The molecule has 7 heteroatoms. The minimum atomic E-state index is -0.485. The lowest BCUT2D eigenvalue weighted by Crippen LogP contribution is -2.38. The molecule has 1 aromatic carbocycles. The summed E-state index contributed by atoms with van der Waals surface area (Å²) in [5.74, 6) is -0.513. The lowest BCUT2D eigenvalue weighted by molar-refractivity contribution is 0.553. The molecular formula is C17H20F2N4S. The van der Waals surface area contributed by atoms with Gasteiger partial charge in [-0.2, -0.15) is 0 Å². The Balaban J connectivity index is 1.57. The van der Waals surface area contributed by atoms with Gasteiger partial charge in [-0.3, -0.25) is 4.99 Å². The lowest BCUT2D eigenvalue weighted by Gasteiger charge is -2.11. The Hall–Kier alpha value is -2.02. The van der Waals surface area contributed by atoms with Crippen molar-refractivity contribution < 1.29 is 8.78 Å². The number of hydrogen-bond acceptors (Lipinski definition) is 3. The molecule has 2 unspecified atom stereocenters. The van der Waals surface area contributed by atoms with Crippen molar-refractivity contribution in [2.75, 3.05) is 7.05 Å². The Morgan fingerprint density at radius 1 is 1.33 bits per heavy atom. The third-order valence-corrected chi connectivity index (χ3v) is 5.26. The number of aromatic nitrogens is 1. The number of hydrogen-bond donors (Lipinski definition) is 2. The highest BCUT2D eigenvalue weighted by Gasteiger charge is 2.42. The zero-order valence-corrected chi connectivity index (χ0v) is 14.7. The van der Waals surface area contributed by atoms with E-state index < -0.39 is 11.6 Å². The molecule has 0 amide bonds. The van der Waals surface area contributed by atoms with E-state index in [0.717, 1.165) is 10.7 Å². The SMILES string of the molecule is CN=C(NCc1nc(C)c(C)s1)NC1CC1c1c(F)cccc1F. The summed E-state index contributed by atoms with van der Waals surface area (Å²) in [6.07, 6.45) is 0.689. The Kier molecular flexibility index (Phi) is 4.80. The van der Waals surface area contributed by atoms with Crippen LogP contribution < -0.4 is 10.6 Å². The first-order valence-corrected chi connectivity index (χ1v) is 8.65. The van der Waals surface area contributed by atoms with E-state index in [1.54, 1.807) is 18.4 Å². The molecule has 0 saturated heterocycles. The quantitative estimate of drug-likeness (QED) is 0.657. The molecule has 1 aliphatic rings. The Bertz CT molecular complexity index is 732. The van der Waals surface area contributed by atoms with Gasteiger partial charge in [-0.05, 0) is 32.4 Å². The first-order valence-electron chi connectivity index (χ1n) is 7.83. The maximum Gasteiger partial charge on any atom is 0.191 e. The summed E-state index contributed by atoms with van der Waals surface area (Å²) in [6, 6.07) is 3.97. The number of guanidine groups is 1. The normalized spacial score (nSPS) is 20.1. The van der Waals surface area contributed by atoms with E-state index in [0.29, 0.717) is 18.9 Å². The van der Waals surface area contributed by atoms with Gasteiger partial charge in [0, 0.05) is 29.4 Å². The van der Waals surface area contributed by atoms with E-state index in [1.807, 2.05) is 13.8 Å². The fourth-order valence-corrected chi connectivity index (χ4v) is 3.56. The molecule has 2 N–H and O–H groups in total. The average molecular weight is 350 g/mol. The van der Waals surface area contributed by atoms with Gasteiger partial charge in [0.25, 0.3) is 0 Å². The highest BCUT2D eigenvalue weighted by molar-refractivity contribution is 7.11. The third-order valence-electron chi connectivity index (χ3n) is 4.19. The number of halogens is 2. The maximum absolute atomic E-state index is 13.8. The zero-order chi connectivity index (χ0) is 17.3. The number of benzene rings is 1. The van der Waals surface area contributed by atoms with Gasteiger partial charge in [0.2, 0.25) is 0 Å². The topological polar surface area (TPSA) is 49.3 Å². The number of nitrogens with one attached hydrogen (secondary N) is 2. The standard InChI is InChI=1S/C17H20F2N4S/c1-9-10(2)24-15(22-9)8-21-17(20-3)23-14-7-11(14)16-12(18)5-4-6-13(16)19/h4-6,11,14H,7-8H2,1-3H3,(H2,20,21,23). The van der Waals surface area contributed by atoms with Crippen LogP contribution in [-0.2, 0) is 6.54 Å². The first-order chi connectivity index (χ1) is 11.5. The molecule has 1 saturated carbocycles. The molecular weight excluding hydrogens is 330 g/mol. The summed E-state index contributed by atoms with van der Waals surface area (Å²) in [4.78, 5) is 9.84. The van der Waals surface area contributed by atoms with Gasteiger partial charge in [0.05, 0.1) is 12.2 Å². The number of aryl methyl sites for hydroxylation is 2. The number of thiazole rings is 1. The summed E-state index contributed by atoms with van der Waals surface area (Å²) in [7, 11) is 1.68. The molecule has 3 rings (SSSR count). The Labute approximate surface area is 144 Å². The van der Waals surface area contributed by atoms with Crippen molar-refractivity contribution in [3.8, 4) is 0 Å². The average Bonchev–Trinajstić information content (AvgIpc) is 3.21. The molecule has 1 aromatic heterocycles. The minimum absolute atomic E-state index is 0.0117. The molecule has 4 nitrogen and oxygen atoms in total. The van der Waals surface area contributed by atoms with Crippen LogP contribution in [0.4, 0.5) is 8.78 Å². The van der Waals surface area contributed by atoms with Crippen LogP contribution in [0.2, 0.25) is 0 Å². The summed E-state index contributed by atoms with van der Waals surface area (Å²) >= 11 is 1.65. The van der Waals surface area contributed by atoms with Crippen molar-refractivity contribution in [2.45, 2.75) is 38.8 Å². The molecule has 0 aliphatic heterocycles. The monoisotopic (exact) mass is 350 g/mol. The van der Waals surface area contributed by atoms with E-state index in [2.05, 4.69) is 20.6 Å². The van der Waals surface area contributed by atoms with Crippen LogP contribution >= 0.6 is 11.3 Å². The summed E-state index contributed by atoms with van der Waals surface area (Å²) in [6.45, 7) is 4.60. The molecule has 1 heterocycles. The van der Waals surface area contributed by atoms with Crippen molar-refractivity contribution in [1.82, 2.24) is 15.6 Å². The predicted molar refractivity (Wildman–Crippen MR) is 92.4 cm³/mol. The van der Waals surface area contributed by atoms with Crippen LogP contribution in [0.5, 0.6) is 0 Å². The van der Waals surface area contributed by atoms with E-state index in [-0.39, 0.29) is 17.5 Å². The summed E-state index contributed by atoms with van der Waals surface area (Å²) in [5, 5.41) is 7.40. The van der Waals surface area contributed by atoms with Gasteiger partial charge < -0.3 is 10.6 Å². The van der Waals surface area contributed by atoms with Crippen molar-refractivity contribution in [3.05, 3.63) is 51.0 Å². The van der Waals surface area contributed by atoms with Gasteiger partial charge in [-0.1, -0.05) is 6.07 Å². The van der Waals surface area contributed by atoms with Crippen LogP contribution in [0, 0.1) is 25.5 Å². The molecule has 24 heavy (non-hydrogen) atoms. The van der Waals surface area contributed by atoms with Crippen LogP contribution in [0.1, 0.15) is 33.5 Å². The fraction of sp³-hybridized carbons (Fsp3) is 0.412. The highest BCUT2D eigenvalue weighted by atomic mass is 32.1. The molecule has 128 valence electrons. The molecule has 2 aromatic rings. The molecule has 0 bridgehead atoms. The largest absolute Gasteiger partial charge is 0.353 e. The van der Waals surface area contributed by atoms with Crippen molar-refractivity contribution in [2.24, 2.45) is 4.99 Å². The molecule has 1 aliphatic carbocycles. The van der Waals surface area contributed by atoms with Crippen molar-refractivity contribution in [3.63, 3.8) is 0 Å². The third kappa shape index (κ3) is 3.56.